The molecule has 2 N–H and O–H groups in total. The number of aryl methyl sites for hydroxylation is 1. The van der Waals surface area contributed by atoms with Crippen LogP contribution in [0.2, 0.25) is 0 Å². The summed E-state index contributed by atoms with van der Waals surface area (Å²) in [6.07, 6.45) is 4.07. The Bertz CT molecular complexity index is 384. The van der Waals surface area contributed by atoms with Gasteiger partial charge in [-0.1, -0.05) is 0 Å². The van der Waals surface area contributed by atoms with Crippen LogP contribution < -0.4 is 5.32 Å². The van der Waals surface area contributed by atoms with Crippen molar-refractivity contribution < 1.29 is 9.90 Å². The van der Waals surface area contributed by atoms with Gasteiger partial charge in [-0.15, -0.1) is 11.3 Å². The molecule has 1 aliphatic carbocycles. The van der Waals surface area contributed by atoms with Crippen molar-refractivity contribution in [2.45, 2.75) is 38.7 Å². The number of hydrogen-bond donors (Lipinski definition) is 2. The molecule has 0 bridgehead atoms. The maximum Gasteiger partial charge on any atom is 0.252 e. The Kier molecular flexibility index (Phi) is 3.61. The highest BCUT2D eigenvalue weighted by molar-refractivity contribution is 7.10. The van der Waals surface area contributed by atoms with E-state index in [-0.39, 0.29) is 5.91 Å². The Balaban J connectivity index is 2.08. The molecular weight excluding hydrogens is 222 g/mol. The summed E-state index contributed by atoms with van der Waals surface area (Å²) in [6.45, 7) is 1.99. The second-order valence-corrected chi connectivity index (χ2v) is 5.28. The lowest BCUT2D eigenvalue weighted by molar-refractivity contribution is 0.0923. The molecule has 3 nitrogen and oxygen atoms in total. The Morgan fingerprint density at radius 2 is 2.31 bits per heavy atom. The maximum atomic E-state index is 11.9. The third kappa shape index (κ3) is 2.44. The van der Waals surface area contributed by atoms with Crippen LogP contribution in [0.5, 0.6) is 0 Å². The van der Waals surface area contributed by atoms with Crippen LogP contribution >= 0.6 is 11.3 Å². The topological polar surface area (TPSA) is 49.3 Å². The van der Waals surface area contributed by atoms with E-state index >= 15 is 0 Å². The summed E-state index contributed by atoms with van der Waals surface area (Å²) in [5.74, 6) is -0.0414. The first-order valence-corrected chi connectivity index (χ1v) is 6.62. The van der Waals surface area contributed by atoms with Crippen LogP contribution in [0.15, 0.2) is 5.38 Å². The molecule has 1 aromatic heterocycles. The molecule has 2 rings (SSSR count). The number of rotatable bonds is 3. The summed E-state index contributed by atoms with van der Waals surface area (Å²) in [5, 5.41) is 13.8. The predicted molar refractivity (Wildman–Crippen MR) is 65.0 cm³/mol. The first-order valence-electron chi connectivity index (χ1n) is 5.74. The number of carbonyl (C=O) groups is 1. The normalized spacial score (nSPS) is 16.6. The fraction of sp³-hybridized carbons (Fsp3) is 0.583. The van der Waals surface area contributed by atoms with E-state index in [4.69, 9.17) is 5.11 Å². The van der Waals surface area contributed by atoms with Crippen molar-refractivity contribution in [3.63, 3.8) is 0 Å². The Hall–Kier alpha value is -0.870. The van der Waals surface area contributed by atoms with Crippen molar-refractivity contribution in [2.24, 2.45) is 0 Å². The zero-order chi connectivity index (χ0) is 11.5. The van der Waals surface area contributed by atoms with Crippen molar-refractivity contribution in [3.8, 4) is 0 Å². The molecule has 0 radical (unpaired) electrons. The minimum Gasteiger partial charge on any atom is -0.392 e. The van der Waals surface area contributed by atoms with Gasteiger partial charge in [0.05, 0.1) is 11.7 Å². The summed E-state index contributed by atoms with van der Waals surface area (Å²) < 4.78 is 0. The third-order valence-corrected chi connectivity index (χ3v) is 3.95. The quantitative estimate of drug-likeness (QED) is 0.844. The number of fused-ring (bicyclic) bond motifs is 1. The molecule has 1 heterocycles. The molecule has 0 spiro atoms. The molecule has 0 fully saturated rings. The molecule has 1 aromatic rings. The standard InChI is InChI=1S/C12H17NO2S/c1-8(14)6-13-12(15)10-7-16-11-5-3-2-4-9(10)11/h7-8,14H,2-6H2,1H3,(H,13,15)/t8-/m0/s1. The van der Waals surface area contributed by atoms with E-state index in [0.717, 1.165) is 18.4 Å². The molecule has 1 aliphatic rings. The highest BCUT2D eigenvalue weighted by atomic mass is 32.1. The van der Waals surface area contributed by atoms with Gasteiger partial charge < -0.3 is 10.4 Å². The van der Waals surface area contributed by atoms with Gasteiger partial charge in [-0.25, -0.2) is 0 Å². The molecule has 0 aromatic carbocycles. The zero-order valence-electron chi connectivity index (χ0n) is 9.45. The van der Waals surface area contributed by atoms with Gasteiger partial charge in [0.2, 0.25) is 0 Å². The van der Waals surface area contributed by atoms with Gasteiger partial charge in [-0.05, 0) is 38.2 Å². The van der Waals surface area contributed by atoms with Gasteiger partial charge in [0.1, 0.15) is 0 Å². The Labute approximate surface area is 99.5 Å². The highest BCUT2D eigenvalue weighted by Gasteiger charge is 2.19. The van der Waals surface area contributed by atoms with E-state index in [1.807, 2.05) is 5.38 Å². The molecule has 0 aliphatic heterocycles. The van der Waals surface area contributed by atoms with Gasteiger partial charge in [-0.3, -0.25) is 4.79 Å². The van der Waals surface area contributed by atoms with Crippen LogP contribution in [0, 0.1) is 0 Å². The van der Waals surface area contributed by atoms with E-state index < -0.39 is 6.10 Å². The lowest BCUT2D eigenvalue weighted by Gasteiger charge is -2.13. The van der Waals surface area contributed by atoms with Crippen LogP contribution in [-0.2, 0) is 12.8 Å². The SMILES string of the molecule is C[C@H](O)CNC(=O)c1csc2c1CCCC2. The summed E-state index contributed by atoms with van der Waals surface area (Å²) in [4.78, 5) is 13.2. The van der Waals surface area contributed by atoms with Crippen molar-refractivity contribution in [2.75, 3.05) is 6.54 Å². The average Bonchev–Trinajstić information content (AvgIpc) is 2.69. The van der Waals surface area contributed by atoms with E-state index in [1.165, 1.54) is 23.3 Å². The number of thiophene rings is 1. The Morgan fingerprint density at radius 1 is 1.56 bits per heavy atom. The lowest BCUT2D eigenvalue weighted by atomic mass is 9.95. The monoisotopic (exact) mass is 239 g/mol. The van der Waals surface area contributed by atoms with Gasteiger partial charge in [0.25, 0.3) is 5.91 Å². The zero-order valence-corrected chi connectivity index (χ0v) is 10.3. The maximum absolute atomic E-state index is 11.9. The van der Waals surface area contributed by atoms with Crippen molar-refractivity contribution in [1.29, 1.82) is 0 Å². The molecule has 0 saturated carbocycles. The number of hydrogen-bond acceptors (Lipinski definition) is 3. The number of aliphatic hydroxyl groups excluding tert-OH is 1. The second-order valence-electron chi connectivity index (χ2n) is 4.32. The fourth-order valence-corrected chi connectivity index (χ4v) is 3.15. The highest BCUT2D eigenvalue weighted by Crippen LogP contribution is 2.29. The van der Waals surface area contributed by atoms with Gasteiger partial charge in [-0.2, -0.15) is 0 Å². The molecule has 1 amide bonds. The second kappa shape index (κ2) is 4.97. The first-order chi connectivity index (χ1) is 7.68. The molecule has 1 atom stereocenters. The number of aliphatic hydroxyl groups is 1. The van der Waals surface area contributed by atoms with Crippen molar-refractivity contribution >= 4 is 17.2 Å². The minimum atomic E-state index is -0.488. The molecule has 0 unspecified atom stereocenters. The van der Waals surface area contributed by atoms with E-state index in [1.54, 1.807) is 18.3 Å². The predicted octanol–water partition coefficient (Wildman–Crippen LogP) is 1.74. The molecule has 0 saturated heterocycles. The first kappa shape index (κ1) is 11.6. The van der Waals surface area contributed by atoms with E-state index in [0.29, 0.717) is 6.54 Å². The number of nitrogens with one attached hydrogen (secondary N) is 1. The molecule has 16 heavy (non-hydrogen) atoms. The fourth-order valence-electron chi connectivity index (χ4n) is 2.02. The van der Waals surface area contributed by atoms with Crippen LogP contribution in [0.1, 0.15) is 40.6 Å². The van der Waals surface area contributed by atoms with Crippen LogP contribution in [0.3, 0.4) is 0 Å². The van der Waals surface area contributed by atoms with E-state index in [9.17, 15) is 4.79 Å². The van der Waals surface area contributed by atoms with Crippen LogP contribution in [-0.4, -0.2) is 23.7 Å². The van der Waals surface area contributed by atoms with Gasteiger partial charge in [0, 0.05) is 16.8 Å². The number of carbonyl (C=O) groups excluding carboxylic acids is 1. The summed E-state index contributed by atoms with van der Waals surface area (Å²) in [5.41, 5.74) is 2.06. The Morgan fingerprint density at radius 3 is 3.06 bits per heavy atom. The summed E-state index contributed by atoms with van der Waals surface area (Å²) in [6, 6.07) is 0. The minimum absolute atomic E-state index is 0.0414. The van der Waals surface area contributed by atoms with Gasteiger partial charge in [0.15, 0.2) is 0 Å². The molecule has 4 heteroatoms. The van der Waals surface area contributed by atoms with Crippen molar-refractivity contribution in [1.82, 2.24) is 5.32 Å². The molecule has 88 valence electrons. The van der Waals surface area contributed by atoms with Crippen molar-refractivity contribution in [3.05, 3.63) is 21.4 Å². The summed E-state index contributed by atoms with van der Waals surface area (Å²) >= 11 is 1.69. The summed E-state index contributed by atoms with van der Waals surface area (Å²) in [7, 11) is 0. The average molecular weight is 239 g/mol. The largest absolute Gasteiger partial charge is 0.392 e. The van der Waals surface area contributed by atoms with E-state index in [2.05, 4.69) is 5.32 Å². The van der Waals surface area contributed by atoms with Gasteiger partial charge >= 0.3 is 0 Å². The lowest BCUT2D eigenvalue weighted by Crippen LogP contribution is -2.31. The van der Waals surface area contributed by atoms with Crippen LogP contribution in [0.4, 0.5) is 0 Å². The number of amides is 1. The smallest absolute Gasteiger partial charge is 0.252 e. The van der Waals surface area contributed by atoms with Crippen LogP contribution in [0.25, 0.3) is 0 Å². The molecular formula is C12H17NO2S. The third-order valence-electron chi connectivity index (χ3n) is 2.86.